The number of hydrogen-bond acceptors (Lipinski definition) is 7. The second-order valence-corrected chi connectivity index (χ2v) is 8.87. The fraction of sp³-hybridized carbons (Fsp3) is 0.320. The van der Waals surface area contributed by atoms with Crippen molar-refractivity contribution in [2.45, 2.75) is 12.6 Å². The Balaban J connectivity index is 1.48. The molecule has 0 bridgehead atoms. The molecular formula is C25H23ClN4O4. The van der Waals surface area contributed by atoms with Crippen LogP contribution in [-0.4, -0.2) is 66.3 Å². The zero-order valence-corrected chi connectivity index (χ0v) is 19.3. The number of halogens is 1. The van der Waals surface area contributed by atoms with E-state index in [9.17, 15) is 4.79 Å². The fourth-order valence-electron chi connectivity index (χ4n) is 4.97. The van der Waals surface area contributed by atoms with Crippen molar-refractivity contribution in [3.63, 3.8) is 0 Å². The zero-order chi connectivity index (χ0) is 23.2. The molecule has 34 heavy (non-hydrogen) atoms. The summed E-state index contributed by atoms with van der Waals surface area (Å²) in [5, 5.41) is 1.29. The predicted octanol–water partition coefficient (Wildman–Crippen LogP) is 3.45. The average molecular weight is 479 g/mol. The van der Waals surface area contributed by atoms with E-state index in [2.05, 4.69) is 21.4 Å². The molecule has 1 atom stereocenters. The molecule has 0 N–H and O–H groups in total. The van der Waals surface area contributed by atoms with E-state index in [0.29, 0.717) is 56.8 Å². The van der Waals surface area contributed by atoms with Gasteiger partial charge in [0.25, 0.3) is 0 Å². The molecule has 2 aromatic carbocycles. The molecule has 0 saturated carbocycles. The first kappa shape index (κ1) is 21.2. The minimum atomic E-state index is -0.0798. The highest BCUT2D eigenvalue weighted by molar-refractivity contribution is 6.36. The number of fused-ring (bicyclic) bond motifs is 3. The molecule has 8 nitrogen and oxygen atoms in total. The molecule has 4 heterocycles. The van der Waals surface area contributed by atoms with Gasteiger partial charge in [-0.2, -0.15) is 0 Å². The molecule has 1 amide bonds. The Morgan fingerprint density at radius 3 is 2.97 bits per heavy atom. The average Bonchev–Trinajstić information content (AvgIpc) is 3.21. The highest BCUT2D eigenvalue weighted by Gasteiger charge is 2.35. The molecule has 174 valence electrons. The molecule has 0 unspecified atom stereocenters. The van der Waals surface area contributed by atoms with Crippen LogP contribution in [-0.2, 0) is 16.1 Å². The Labute approximate surface area is 201 Å². The maximum Gasteiger partial charge on any atom is 0.246 e. The van der Waals surface area contributed by atoms with Crippen LogP contribution in [0.25, 0.3) is 22.0 Å². The summed E-state index contributed by atoms with van der Waals surface area (Å²) in [6.07, 6.45) is 2.92. The van der Waals surface area contributed by atoms with E-state index < -0.39 is 0 Å². The number of amides is 1. The van der Waals surface area contributed by atoms with Gasteiger partial charge < -0.3 is 24.0 Å². The number of benzene rings is 2. The van der Waals surface area contributed by atoms with Gasteiger partial charge >= 0.3 is 0 Å². The number of carbonyl (C=O) groups excluding carboxylic acids is 1. The number of rotatable bonds is 2. The van der Waals surface area contributed by atoms with Gasteiger partial charge in [0.2, 0.25) is 5.91 Å². The molecule has 1 saturated heterocycles. The summed E-state index contributed by atoms with van der Waals surface area (Å²) in [6.45, 7) is 7.22. The van der Waals surface area contributed by atoms with Gasteiger partial charge in [0, 0.05) is 30.8 Å². The first-order valence-corrected chi connectivity index (χ1v) is 11.6. The van der Waals surface area contributed by atoms with Gasteiger partial charge in [0.15, 0.2) is 5.75 Å². The quantitative estimate of drug-likeness (QED) is 0.522. The van der Waals surface area contributed by atoms with Crippen molar-refractivity contribution in [2.75, 3.05) is 44.4 Å². The van der Waals surface area contributed by atoms with Gasteiger partial charge in [-0.15, -0.1) is 0 Å². The smallest absolute Gasteiger partial charge is 0.246 e. The molecular weight excluding hydrogens is 456 g/mol. The van der Waals surface area contributed by atoms with Crippen molar-refractivity contribution < 1.29 is 19.0 Å². The number of ether oxygens (including phenoxy) is 3. The third kappa shape index (κ3) is 3.36. The zero-order valence-electron chi connectivity index (χ0n) is 18.5. The normalized spacial score (nSPS) is 19.3. The molecule has 6 rings (SSSR count). The third-order valence-corrected chi connectivity index (χ3v) is 6.99. The minimum Gasteiger partial charge on any atom is -0.491 e. The van der Waals surface area contributed by atoms with E-state index in [4.69, 9.17) is 25.8 Å². The molecule has 0 aliphatic carbocycles. The van der Waals surface area contributed by atoms with E-state index in [1.54, 1.807) is 11.2 Å². The number of piperazine rings is 1. The van der Waals surface area contributed by atoms with Crippen LogP contribution in [0.2, 0.25) is 5.02 Å². The molecule has 3 aliphatic heterocycles. The molecule has 9 heteroatoms. The maximum atomic E-state index is 12.2. The van der Waals surface area contributed by atoms with Crippen LogP contribution in [0.5, 0.6) is 11.5 Å². The largest absolute Gasteiger partial charge is 0.491 e. The molecule has 1 fully saturated rings. The standard InChI is InChI=1S/C25H23ClN4O4/c1-2-21(31)29-6-7-30-15(11-29)12-34-24-22-19(27-14-28-25(22)30)10-17(23(24)26)16-4-3-5-20-18(16)13-32-8-9-33-20/h2-5,10,14-15H,1,6-9,11-13H2/t15-/m0/s1. The lowest BCUT2D eigenvalue weighted by Crippen LogP contribution is -2.56. The van der Waals surface area contributed by atoms with Crippen LogP contribution in [0.1, 0.15) is 5.56 Å². The van der Waals surface area contributed by atoms with Crippen LogP contribution in [0.4, 0.5) is 5.82 Å². The lowest BCUT2D eigenvalue weighted by atomic mass is 9.97. The highest BCUT2D eigenvalue weighted by atomic mass is 35.5. The SMILES string of the molecule is C=CC(=O)N1CCN2c3ncnc4cc(-c5cccc6c5COCCO6)c(Cl)c(c34)OC[C@@H]2C1. The summed E-state index contributed by atoms with van der Waals surface area (Å²) < 4.78 is 18.0. The van der Waals surface area contributed by atoms with Crippen molar-refractivity contribution in [1.29, 1.82) is 0 Å². The number of nitrogens with zero attached hydrogens (tertiary/aromatic N) is 4. The Morgan fingerprint density at radius 1 is 1.18 bits per heavy atom. The topological polar surface area (TPSA) is 77.0 Å². The van der Waals surface area contributed by atoms with Crippen molar-refractivity contribution in [3.05, 3.63) is 53.8 Å². The van der Waals surface area contributed by atoms with Crippen molar-refractivity contribution in [1.82, 2.24) is 14.9 Å². The predicted molar refractivity (Wildman–Crippen MR) is 129 cm³/mol. The summed E-state index contributed by atoms with van der Waals surface area (Å²) in [5.74, 6) is 2.06. The molecule has 3 aliphatic rings. The summed E-state index contributed by atoms with van der Waals surface area (Å²) in [4.78, 5) is 25.4. The van der Waals surface area contributed by atoms with E-state index in [1.165, 1.54) is 6.08 Å². The van der Waals surface area contributed by atoms with Crippen molar-refractivity contribution >= 4 is 34.2 Å². The van der Waals surface area contributed by atoms with Gasteiger partial charge in [-0.05, 0) is 23.8 Å². The number of carbonyl (C=O) groups is 1. The summed E-state index contributed by atoms with van der Waals surface area (Å²) in [6, 6.07) is 7.83. The van der Waals surface area contributed by atoms with Gasteiger partial charge in [-0.25, -0.2) is 9.97 Å². The number of anilines is 1. The Kier molecular flexibility index (Phi) is 5.27. The van der Waals surface area contributed by atoms with Crippen LogP contribution < -0.4 is 14.4 Å². The second-order valence-electron chi connectivity index (χ2n) is 8.49. The van der Waals surface area contributed by atoms with Crippen LogP contribution in [0, 0.1) is 0 Å². The lowest BCUT2D eigenvalue weighted by Gasteiger charge is -2.40. The minimum absolute atomic E-state index is 0.0579. The maximum absolute atomic E-state index is 12.2. The van der Waals surface area contributed by atoms with E-state index in [-0.39, 0.29) is 11.9 Å². The Hall–Kier alpha value is -3.36. The van der Waals surface area contributed by atoms with Crippen molar-refractivity contribution in [2.24, 2.45) is 0 Å². The van der Waals surface area contributed by atoms with Gasteiger partial charge in [-0.3, -0.25) is 4.79 Å². The van der Waals surface area contributed by atoms with Crippen LogP contribution in [0.3, 0.4) is 0 Å². The Bertz CT molecular complexity index is 1310. The van der Waals surface area contributed by atoms with Crippen LogP contribution >= 0.6 is 11.6 Å². The fourth-order valence-corrected chi connectivity index (χ4v) is 5.28. The Morgan fingerprint density at radius 2 is 2.09 bits per heavy atom. The van der Waals surface area contributed by atoms with Gasteiger partial charge in [0.1, 0.15) is 31.1 Å². The third-order valence-electron chi connectivity index (χ3n) is 6.62. The monoisotopic (exact) mass is 478 g/mol. The molecule has 3 aromatic rings. The van der Waals surface area contributed by atoms with E-state index >= 15 is 0 Å². The molecule has 0 radical (unpaired) electrons. The van der Waals surface area contributed by atoms with Gasteiger partial charge in [-0.1, -0.05) is 30.3 Å². The summed E-state index contributed by atoms with van der Waals surface area (Å²) in [5.41, 5.74) is 3.43. The van der Waals surface area contributed by atoms with E-state index in [0.717, 1.165) is 39.2 Å². The first-order chi connectivity index (χ1) is 16.7. The highest BCUT2D eigenvalue weighted by Crippen LogP contribution is 2.47. The summed E-state index contributed by atoms with van der Waals surface area (Å²) >= 11 is 7.02. The van der Waals surface area contributed by atoms with Crippen LogP contribution in [0.15, 0.2) is 43.2 Å². The number of aromatic nitrogens is 2. The van der Waals surface area contributed by atoms with Gasteiger partial charge in [0.05, 0.1) is 35.2 Å². The molecule has 0 spiro atoms. The summed E-state index contributed by atoms with van der Waals surface area (Å²) in [7, 11) is 0. The van der Waals surface area contributed by atoms with E-state index in [1.807, 2.05) is 24.3 Å². The van der Waals surface area contributed by atoms with Crippen molar-refractivity contribution in [3.8, 4) is 22.6 Å². The first-order valence-electron chi connectivity index (χ1n) is 11.3. The molecule has 1 aromatic heterocycles. The second kappa shape index (κ2) is 8.45. The lowest BCUT2D eigenvalue weighted by molar-refractivity contribution is -0.126. The number of hydrogen-bond donors (Lipinski definition) is 0.